The average molecular weight is 378 g/mol. The molecular formula is C18H23N3O2S2. The van der Waals surface area contributed by atoms with E-state index in [-0.39, 0.29) is 16.7 Å². The van der Waals surface area contributed by atoms with Crippen molar-refractivity contribution in [3.63, 3.8) is 0 Å². The minimum absolute atomic E-state index is 0.0241. The number of thiophene rings is 1. The number of aromatic nitrogens is 2. The third-order valence-corrected chi connectivity index (χ3v) is 6.16. The first kappa shape index (κ1) is 19.5. The fourth-order valence-corrected chi connectivity index (χ4v) is 4.35. The first-order valence-corrected chi connectivity index (χ1v) is 9.86. The largest absolute Gasteiger partial charge is 0.334 e. The van der Waals surface area contributed by atoms with Gasteiger partial charge in [0.25, 0.3) is 5.56 Å². The van der Waals surface area contributed by atoms with Gasteiger partial charge in [-0.2, -0.15) is 0 Å². The van der Waals surface area contributed by atoms with E-state index in [0.29, 0.717) is 30.1 Å². The first-order chi connectivity index (χ1) is 11.9. The van der Waals surface area contributed by atoms with Crippen molar-refractivity contribution >= 4 is 39.2 Å². The number of nitrogens with zero attached hydrogens (tertiary/aromatic N) is 2. The molecular weight excluding hydrogens is 354 g/mol. The van der Waals surface area contributed by atoms with Gasteiger partial charge in [-0.05, 0) is 26.3 Å². The molecule has 0 fully saturated rings. The maximum Gasteiger partial charge on any atom is 0.259 e. The molecule has 0 bridgehead atoms. The lowest BCUT2D eigenvalue weighted by Gasteiger charge is -2.22. The number of fused-ring (bicyclic) bond motifs is 1. The Morgan fingerprint density at radius 1 is 1.36 bits per heavy atom. The van der Waals surface area contributed by atoms with Crippen molar-refractivity contribution in [2.24, 2.45) is 0 Å². The van der Waals surface area contributed by atoms with E-state index in [1.807, 2.05) is 20.8 Å². The number of carbonyl (C=O) groups is 1. The van der Waals surface area contributed by atoms with E-state index >= 15 is 0 Å². The van der Waals surface area contributed by atoms with E-state index in [1.165, 1.54) is 23.1 Å². The van der Waals surface area contributed by atoms with Crippen molar-refractivity contribution in [1.82, 2.24) is 14.9 Å². The standard InChI is InChI=1S/C18H23N3O2S2/c1-6-8-21(9-7-2)18(23)13(5)24-10-14-19-16(22)15-11(3)12(4)25-17(15)20-14/h6-7,13H,1-2,8-10H2,3-5H3,(H,19,20,22). The number of thioether (sulfide) groups is 1. The van der Waals surface area contributed by atoms with Crippen LogP contribution in [0.5, 0.6) is 0 Å². The molecule has 1 N–H and O–H groups in total. The Balaban J connectivity index is 2.11. The normalized spacial score (nSPS) is 12.1. The van der Waals surface area contributed by atoms with Crippen LogP contribution in [0.4, 0.5) is 0 Å². The smallest absolute Gasteiger partial charge is 0.259 e. The van der Waals surface area contributed by atoms with E-state index in [1.54, 1.807) is 17.1 Å². The van der Waals surface area contributed by atoms with E-state index in [2.05, 4.69) is 23.1 Å². The molecule has 134 valence electrons. The van der Waals surface area contributed by atoms with Crippen LogP contribution in [0.15, 0.2) is 30.1 Å². The highest BCUT2D eigenvalue weighted by Gasteiger charge is 2.20. The molecule has 0 aromatic carbocycles. The number of hydrogen-bond acceptors (Lipinski definition) is 5. The van der Waals surface area contributed by atoms with Gasteiger partial charge in [0.1, 0.15) is 10.7 Å². The Morgan fingerprint density at radius 2 is 2.00 bits per heavy atom. The zero-order chi connectivity index (χ0) is 18.6. The summed E-state index contributed by atoms with van der Waals surface area (Å²) >= 11 is 2.99. The molecule has 2 rings (SSSR count). The summed E-state index contributed by atoms with van der Waals surface area (Å²) in [6.45, 7) is 14.1. The molecule has 0 radical (unpaired) electrons. The third-order valence-electron chi connectivity index (χ3n) is 3.92. The number of amides is 1. The van der Waals surface area contributed by atoms with E-state index in [0.717, 1.165) is 15.3 Å². The number of hydrogen-bond donors (Lipinski definition) is 1. The zero-order valence-electron chi connectivity index (χ0n) is 14.8. The molecule has 0 aliphatic carbocycles. The van der Waals surface area contributed by atoms with E-state index in [4.69, 9.17) is 0 Å². The number of H-pyrrole nitrogens is 1. The number of aryl methyl sites for hydroxylation is 2. The molecule has 0 spiro atoms. The second-order valence-corrected chi connectivity index (χ2v) is 8.28. The molecule has 1 amide bonds. The summed E-state index contributed by atoms with van der Waals surface area (Å²) in [5, 5.41) is 0.427. The van der Waals surface area contributed by atoms with Gasteiger partial charge in [-0.3, -0.25) is 9.59 Å². The third kappa shape index (κ3) is 4.41. The second kappa shape index (κ2) is 8.49. The van der Waals surface area contributed by atoms with E-state index in [9.17, 15) is 9.59 Å². The topological polar surface area (TPSA) is 66.1 Å². The number of aromatic amines is 1. The van der Waals surface area contributed by atoms with Crippen molar-refractivity contribution in [3.8, 4) is 0 Å². The highest BCUT2D eigenvalue weighted by atomic mass is 32.2. The molecule has 0 aliphatic heterocycles. The van der Waals surface area contributed by atoms with Crippen molar-refractivity contribution in [3.05, 3.63) is 51.9 Å². The maximum atomic E-state index is 12.5. The molecule has 0 saturated heterocycles. The van der Waals surface area contributed by atoms with Crippen LogP contribution < -0.4 is 5.56 Å². The lowest BCUT2D eigenvalue weighted by molar-refractivity contribution is -0.129. The van der Waals surface area contributed by atoms with E-state index < -0.39 is 0 Å². The Kier molecular flexibility index (Phi) is 6.61. The highest BCUT2D eigenvalue weighted by Crippen LogP contribution is 2.26. The Morgan fingerprint density at radius 3 is 2.60 bits per heavy atom. The van der Waals surface area contributed by atoms with Gasteiger partial charge in [0.2, 0.25) is 5.91 Å². The van der Waals surface area contributed by atoms with Gasteiger partial charge < -0.3 is 9.88 Å². The zero-order valence-corrected chi connectivity index (χ0v) is 16.4. The summed E-state index contributed by atoms with van der Waals surface area (Å²) in [5.41, 5.74) is 0.877. The first-order valence-electron chi connectivity index (χ1n) is 8.00. The number of carbonyl (C=O) groups excluding carboxylic acids is 1. The predicted octanol–water partition coefficient (Wildman–Crippen LogP) is 3.42. The van der Waals surface area contributed by atoms with Gasteiger partial charge in [-0.1, -0.05) is 12.2 Å². The molecule has 7 heteroatoms. The van der Waals surface area contributed by atoms with Crippen molar-refractivity contribution in [2.75, 3.05) is 13.1 Å². The van der Waals surface area contributed by atoms with Crippen LogP contribution in [0, 0.1) is 13.8 Å². The molecule has 2 aromatic rings. The Bertz CT molecular complexity index is 844. The highest BCUT2D eigenvalue weighted by molar-refractivity contribution is 7.99. The van der Waals surface area contributed by atoms with Crippen LogP contribution in [-0.2, 0) is 10.5 Å². The average Bonchev–Trinajstić information content (AvgIpc) is 2.86. The SMILES string of the molecule is C=CCN(CC=C)C(=O)C(C)SCc1nc2sc(C)c(C)c2c(=O)[nH]1. The van der Waals surface area contributed by atoms with Gasteiger partial charge in [0.15, 0.2) is 0 Å². The molecule has 2 heterocycles. The lowest BCUT2D eigenvalue weighted by atomic mass is 10.2. The van der Waals surface area contributed by atoms with Gasteiger partial charge in [-0.15, -0.1) is 36.3 Å². The molecule has 5 nitrogen and oxygen atoms in total. The van der Waals surface area contributed by atoms with Crippen molar-refractivity contribution in [2.45, 2.75) is 31.8 Å². The van der Waals surface area contributed by atoms with Crippen LogP contribution in [0.3, 0.4) is 0 Å². The minimum atomic E-state index is -0.243. The minimum Gasteiger partial charge on any atom is -0.334 e. The second-order valence-electron chi connectivity index (χ2n) is 5.75. The fraction of sp³-hybridized carbons (Fsp3) is 0.389. The quantitative estimate of drug-likeness (QED) is 0.716. The lowest BCUT2D eigenvalue weighted by Crippen LogP contribution is -2.36. The van der Waals surface area contributed by atoms with Gasteiger partial charge in [0.05, 0.1) is 16.4 Å². The molecule has 0 saturated carbocycles. The number of nitrogens with one attached hydrogen (secondary N) is 1. The maximum absolute atomic E-state index is 12.5. The molecule has 25 heavy (non-hydrogen) atoms. The van der Waals surface area contributed by atoms with Crippen molar-refractivity contribution in [1.29, 1.82) is 0 Å². The van der Waals surface area contributed by atoms with Gasteiger partial charge in [-0.25, -0.2) is 4.98 Å². The van der Waals surface area contributed by atoms with Crippen LogP contribution in [0.1, 0.15) is 23.2 Å². The predicted molar refractivity (Wildman–Crippen MR) is 107 cm³/mol. The monoisotopic (exact) mass is 377 g/mol. The summed E-state index contributed by atoms with van der Waals surface area (Å²) in [5.74, 6) is 1.10. The van der Waals surface area contributed by atoms with Gasteiger partial charge in [0, 0.05) is 18.0 Å². The summed E-state index contributed by atoms with van der Waals surface area (Å²) in [7, 11) is 0. The summed E-state index contributed by atoms with van der Waals surface area (Å²) in [4.78, 5) is 35.7. The van der Waals surface area contributed by atoms with Crippen molar-refractivity contribution < 1.29 is 4.79 Å². The molecule has 0 aliphatic rings. The van der Waals surface area contributed by atoms with Crippen LogP contribution in [0.25, 0.3) is 10.2 Å². The summed E-state index contributed by atoms with van der Waals surface area (Å²) in [6, 6.07) is 0. The fourth-order valence-electron chi connectivity index (χ4n) is 2.47. The van der Waals surface area contributed by atoms with Crippen LogP contribution >= 0.6 is 23.1 Å². The Labute approximate surface area is 155 Å². The molecule has 2 aromatic heterocycles. The summed E-state index contributed by atoms with van der Waals surface area (Å²) < 4.78 is 0. The molecule has 1 atom stereocenters. The summed E-state index contributed by atoms with van der Waals surface area (Å²) in [6.07, 6.45) is 3.40. The Hall–Kier alpha value is -1.86. The van der Waals surface area contributed by atoms with Crippen LogP contribution in [-0.4, -0.2) is 39.1 Å². The van der Waals surface area contributed by atoms with Crippen LogP contribution in [0.2, 0.25) is 0 Å². The van der Waals surface area contributed by atoms with Gasteiger partial charge >= 0.3 is 0 Å². The molecule has 1 unspecified atom stereocenters. The number of rotatable bonds is 8.